The van der Waals surface area contributed by atoms with Gasteiger partial charge in [0.25, 0.3) is 0 Å². The third-order valence-corrected chi connectivity index (χ3v) is 3.42. The maximum Gasteiger partial charge on any atom is 0.573 e. The second-order valence-electron chi connectivity index (χ2n) is 4.89. The van der Waals surface area contributed by atoms with Crippen molar-refractivity contribution in [3.63, 3.8) is 0 Å². The lowest BCUT2D eigenvalue weighted by Crippen LogP contribution is -2.54. The number of carboxylic acid groups (broad SMARTS) is 1. The van der Waals surface area contributed by atoms with Crippen LogP contribution in [0.1, 0.15) is 18.9 Å². The van der Waals surface area contributed by atoms with Crippen molar-refractivity contribution in [3.8, 4) is 11.5 Å². The molecule has 0 fully saturated rings. The zero-order valence-electron chi connectivity index (χ0n) is 12.0. The molecule has 0 spiro atoms. The van der Waals surface area contributed by atoms with Gasteiger partial charge in [-0.15, -0.1) is 13.2 Å². The van der Waals surface area contributed by atoms with Crippen LogP contribution in [0.5, 0.6) is 11.5 Å². The molecule has 0 aromatic heterocycles. The number of benzene rings is 1. The monoisotopic (exact) mass is 356 g/mol. The topological polar surface area (TPSA) is 55.8 Å². The predicted octanol–water partition coefficient (Wildman–Crippen LogP) is 4.16. The minimum atomic E-state index is -5.04. The SMILES string of the molecule is CCC1(C(F)(F)F)Oc2ccc(OC(F)(F)F)cc2C=C1C(=O)O. The molecule has 0 amide bonds. The summed E-state index contributed by atoms with van der Waals surface area (Å²) in [5.41, 5.74) is -4.46. The van der Waals surface area contributed by atoms with Crippen molar-refractivity contribution in [3.05, 3.63) is 29.3 Å². The molecule has 1 aliphatic rings. The lowest BCUT2D eigenvalue weighted by Gasteiger charge is -2.38. The van der Waals surface area contributed by atoms with Gasteiger partial charge in [-0.1, -0.05) is 6.92 Å². The van der Waals surface area contributed by atoms with E-state index in [4.69, 9.17) is 9.84 Å². The lowest BCUT2D eigenvalue weighted by atomic mass is 9.85. The summed E-state index contributed by atoms with van der Waals surface area (Å²) in [7, 11) is 0. The number of carbonyl (C=O) groups is 1. The molecule has 1 aliphatic heterocycles. The molecule has 1 N–H and O–H groups in total. The highest BCUT2D eigenvalue weighted by atomic mass is 19.4. The molecule has 0 saturated carbocycles. The van der Waals surface area contributed by atoms with Crippen LogP contribution in [0.2, 0.25) is 0 Å². The quantitative estimate of drug-likeness (QED) is 0.827. The van der Waals surface area contributed by atoms with Crippen LogP contribution in [0.3, 0.4) is 0 Å². The smallest absolute Gasteiger partial charge is 0.478 e. The molecule has 1 heterocycles. The number of halogens is 6. The first-order valence-electron chi connectivity index (χ1n) is 6.50. The van der Waals surface area contributed by atoms with E-state index in [-0.39, 0.29) is 5.56 Å². The normalized spacial score (nSPS) is 20.7. The second kappa shape index (κ2) is 5.60. The Morgan fingerprint density at radius 3 is 2.33 bits per heavy atom. The molecule has 1 atom stereocenters. The van der Waals surface area contributed by atoms with Crippen LogP contribution in [0.25, 0.3) is 6.08 Å². The van der Waals surface area contributed by atoms with E-state index in [9.17, 15) is 31.1 Å². The standard InChI is InChI=1S/C14H10F6O4/c1-2-12(13(15,16)17)9(11(21)22)6-7-5-8(23-14(18,19)20)3-4-10(7)24-12/h3-6H,2H2,1H3,(H,21,22). The average molecular weight is 356 g/mol. The Morgan fingerprint density at radius 1 is 1.25 bits per heavy atom. The minimum Gasteiger partial charge on any atom is -0.478 e. The fraction of sp³-hybridized carbons (Fsp3) is 0.357. The van der Waals surface area contributed by atoms with Gasteiger partial charge in [-0.25, -0.2) is 4.79 Å². The van der Waals surface area contributed by atoms with Gasteiger partial charge in [-0.2, -0.15) is 13.2 Å². The number of carboxylic acids is 1. The number of hydrogen-bond acceptors (Lipinski definition) is 3. The summed E-state index contributed by atoms with van der Waals surface area (Å²) in [6.07, 6.45) is -10.1. The lowest BCUT2D eigenvalue weighted by molar-refractivity contribution is -0.274. The van der Waals surface area contributed by atoms with E-state index < -0.39 is 47.6 Å². The Kier molecular flexibility index (Phi) is 4.19. The van der Waals surface area contributed by atoms with Gasteiger partial charge < -0.3 is 14.6 Å². The largest absolute Gasteiger partial charge is 0.573 e. The fourth-order valence-corrected chi connectivity index (χ4v) is 2.35. The summed E-state index contributed by atoms with van der Waals surface area (Å²) < 4.78 is 85.3. The summed E-state index contributed by atoms with van der Waals surface area (Å²) in [4.78, 5) is 11.2. The van der Waals surface area contributed by atoms with Crippen molar-refractivity contribution >= 4 is 12.0 Å². The molecule has 0 saturated heterocycles. The van der Waals surface area contributed by atoms with Crippen molar-refractivity contribution in [2.45, 2.75) is 31.5 Å². The van der Waals surface area contributed by atoms with Gasteiger partial charge in [0, 0.05) is 5.56 Å². The van der Waals surface area contributed by atoms with E-state index in [0.29, 0.717) is 6.08 Å². The zero-order chi connectivity index (χ0) is 18.3. The molecule has 24 heavy (non-hydrogen) atoms. The number of rotatable bonds is 3. The average Bonchev–Trinajstić information content (AvgIpc) is 2.42. The molecule has 1 aromatic rings. The van der Waals surface area contributed by atoms with Gasteiger partial charge >= 0.3 is 18.5 Å². The highest BCUT2D eigenvalue weighted by Crippen LogP contribution is 2.48. The van der Waals surface area contributed by atoms with Crippen molar-refractivity contribution < 1.29 is 45.7 Å². The first-order valence-corrected chi connectivity index (χ1v) is 6.50. The molecule has 2 rings (SSSR count). The van der Waals surface area contributed by atoms with Crippen molar-refractivity contribution in [2.75, 3.05) is 0 Å². The molecule has 0 radical (unpaired) electrons. The van der Waals surface area contributed by atoms with Gasteiger partial charge in [0.15, 0.2) is 0 Å². The van der Waals surface area contributed by atoms with Gasteiger partial charge in [0.1, 0.15) is 11.5 Å². The molecule has 10 heteroatoms. The Morgan fingerprint density at radius 2 is 1.88 bits per heavy atom. The molecular formula is C14H10F6O4. The second-order valence-corrected chi connectivity index (χ2v) is 4.89. The summed E-state index contributed by atoms with van der Waals surface area (Å²) in [6, 6.07) is 2.39. The van der Waals surface area contributed by atoms with Crippen molar-refractivity contribution in [1.82, 2.24) is 0 Å². The fourth-order valence-electron chi connectivity index (χ4n) is 2.35. The van der Waals surface area contributed by atoms with Crippen LogP contribution >= 0.6 is 0 Å². The maximum atomic E-state index is 13.4. The molecule has 1 aromatic carbocycles. The number of ether oxygens (including phenoxy) is 2. The third-order valence-electron chi connectivity index (χ3n) is 3.42. The van der Waals surface area contributed by atoms with Crippen molar-refractivity contribution in [1.29, 1.82) is 0 Å². The minimum absolute atomic E-state index is 0.262. The van der Waals surface area contributed by atoms with Gasteiger partial charge in [-0.05, 0) is 30.7 Å². The van der Waals surface area contributed by atoms with Crippen LogP contribution in [-0.2, 0) is 4.79 Å². The predicted molar refractivity (Wildman–Crippen MR) is 68.4 cm³/mol. The highest BCUT2D eigenvalue weighted by Gasteiger charge is 2.61. The van der Waals surface area contributed by atoms with Crippen molar-refractivity contribution in [2.24, 2.45) is 0 Å². The zero-order valence-corrected chi connectivity index (χ0v) is 12.0. The van der Waals surface area contributed by atoms with Crippen LogP contribution in [-0.4, -0.2) is 29.2 Å². The van der Waals surface area contributed by atoms with Crippen LogP contribution in [0.15, 0.2) is 23.8 Å². The van der Waals surface area contributed by atoms with E-state index >= 15 is 0 Å². The summed E-state index contributed by atoms with van der Waals surface area (Å²) in [5, 5.41) is 9.09. The Hall–Kier alpha value is -2.39. The van der Waals surface area contributed by atoms with Gasteiger partial charge in [0.2, 0.25) is 5.60 Å². The number of aliphatic carboxylic acids is 1. The van der Waals surface area contributed by atoms with E-state index in [0.717, 1.165) is 25.1 Å². The number of alkyl halides is 6. The molecule has 0 bridgehead atoms. The van der Waals surface area contributed by atoms with Gasteiger partial charge in [-0.3, -0.25) is 0 Å². The van der Waals surface area contributed by atoms with E-state index in [1.54, 1.807) is 0 Å². The molecule has 4 nitrogen and oxygen atoms in total. The first kappa shape index (κ1) is 18.0. The maximum absolute atomic E-state index is 13.4. The van der Waals surface area contributed by atoms with Crippen LogP contribution in [0, 0.1) is 0 Å². The Labute approximate surface area is 131 Å². The van der Waals surface area contributed by atoms with E-state index in [1.807, 2.05) is 0 Å². The molecular weight excluding hydrogens is 346 g/mol. The molecule has 0 aliphatic carbocycles. The van der Waals surface area contributed by atoms with E-state index in [2.05, 4.69) is 4.74 Å². The summed E-state index contributed by atoms with van der Waals surface area (Å²) in [6.45, 7) is 1.09. The van der Waals surface area contributed by atoms with Gasteiger partial charge in [0.05, 0.1) is 5.57 Å². The van der Waals surface area contributed by atoms with Crippen LogP contribution in [0.4, 0.5) is 26.3 Å². The summed E-state index contributed by atoms with van der Waals surface area (Å²) in [5.74, 6) is -2.99. The van der Waals surface area contributed by atoms with E-state index in [1.165, 1.54) is 0 Å². The molecule has 1 unspecified atom stereocenters. The number of hydrogen-bond donors (Lipinski definition) is 1. The number of fused-ring (bicyclic) bond motifs is 1. The Balaban J connectivity index is 2.57. The Bertz CT molecular complexity index is 691. The highest BCUT2D eigenvalue weighted by molar-refractivity contribution is 5.96. The molecule has 132 valence electrons. The third kappa shape index (κ3) is 3.13. The van der Waals surface area contributed by atoms with Crippen LogP contribution < -0.4 is 9.47 Å². The first-order chi connectivity index (χ1) is 10.9. The summed E-state index contributed by atoms with van der Waals surface area (Å²) >= 11 is 0.